The van der Waals surface area contributed by atoms with Crippen LogP contribution in [0.5, 0.6) is 0 Å². The van der Waals surface area contributed by atoms with E-state index in [0.717, 1.165) is 7.11 Å². The molecule has 0 heterocycles. The molecule has 0 aliphatic carbocycles. The highest BCUT2D eigenvalue weighted by atomic mass is 16.5. The Morgan fingerprint density at radius 2 is 1.75 bits per heavy atom. The lowest BCUT2D eigenvalue weighted by molar-refractivity contribution is 0.135. The molecule has 0 unspecified atom stereocenters. The van der Waals surface area contributed by atoms with Crippen LogP contribution in [0, 0.1) is 0 Å². The lowest BCUT2D eigenvalue weighted by atomic mass is 10.8. The smallest absolute Gasteiger partial charge is 0.0693 e. The maximum Gasteiger partial charge on any atom is 0.0693 e. The van der Waals surface area contributed by atoms with Gasteiger partial charge in [0, 0.05) is 14.2 Å². The number of rotatable bonds is 2. The second-order valence-electron chi connectivity index (χ2n) is 0.716. The van der Waals surface area contributed by atoms with Crippen molar-refractivity contribution in [1.82, 2.24) is 0 Å². The van der Waals surface area contributed by atoms with Crippen LogP contribution >= 0.6 is 0 Å². The molecule has 0 rings (SSSR count). The average Bonchev–Trinajstić information content (AvgIpc) is 1.75. The van der Waals surface area contributed by atoms with Gasteiger partial charge < -0.3 is 20.4 Å². The molecule has 54 valence electrons. The Hall–Kier alpha value is -0.160. The summed E-state index contributed by atoms with van der Waals surface area (Å²) in [6.45, 7) is 0.566. The van der Waals surface area contributed by atoms with Crippen LogP contribution in [0.15, 0.2) is 0 Å². The first-order valence-electron chi connectivity index (χ1n) is 1.96. The molecule has 4 heteroatoms. The number of aliphatic hydroxyl groups is 2. The summed E-state index contributed by atoms with van der Waals surface area (Å²) >= 11 is 0. The molecule has 0 spiro atoms. The highest BCUT2D eigenvalue weighted by Gasteiger charge is 1.67. The zero-order valence-electron chi connectivity index (χ0n) is 5.22. The summed E-state index contributed by atoms with van der Waals surface area (Å²) in [6, 6.07) is 0. The van der Waals surface area contributed by atoms with Crippen LogP contribution in [-0.4, -0.2) is 43.1 Å². The Morgan fingerprint density at radius 1 is 1.38 bits per heavy atom. The third kappa shape index (κ3) is 40.4. The molecular formula is C4H14O4. The Morgan fingerprint density at radius 3 is 1.75 bits per heavy atom. The van der Waals surface area contributed by atoms with E-state index in [0.29, 0.717) is 6.61 Å². The molecule has 0 radical (unpaired) electrons. The molecule has 0 aromatic carbocycles. The predicted molar refractivity (Wildman–Crippen MR) is 30.7 cm³/mol. The van der Waals surface area contributed by atoms with Crippen molar-refractivity contribution in [2.24, 2.45) is 0 Å². The zero-order chi connectivity index (χ0) is 6.12. The monoisotopic (exact) mass is 126 g/mol. The fourth-order valence-corrected chi connectivity index (χ4v) is 0.0913. The zero-order valence-corrected chi connectivity index (χ0v) is 5.22. The lowest BCUT2D eigenvalue weighted by Crippen LogP contribution is -1.91. The van der Waals surface area contributed by atoms with Crippen molar-refractivity contribution >= 4 is 0 Å². The molecule has 0 fully saturated rings. The van der Waals surface area contributed by atoms with Crippen LogP contribution in [0.3, 0.4) is 0 Å². The number of ether oxygens (including phenoxy) is 1. The van der Waals surface area contributed by atoms with E-state index in [1.165, 1.54) is 0 Å². The van der Waals surface area contributed by atoms with Crippen LogP contribution in [0.1, 0.15) is 0 Å². The molecule has 0 atom stereocenters. The second kappa shape index (κ2) is 28.9. The van der Waals surface area contributed by atoms with Crippen molar-refractivity contribution in [3.05, 3.63) is 0 Å². The van der Waals surface area contributed by atoms with Crippen LogP contribution < -0.4 is 0 Å². The van der Waals surface area contributed by atoms with Gasteiger partial charge in [-0.15, -0.1) is 0 Å². The quantitative estimate of drug-likeness (QED) is 0.468. The first-order valence-corrected chi connectivity index (χ1v) is 1.96. The van der Waals surface area contributed by atoms with Gasteiger partial charge in [-0.25, -0.2) is 0 Å². The number of methoxy groups -OCH3 is 1. The second-order valence-corrected chi connectivity index (χ2v) is 0.716. The molecule has 0 aromatic rings. The SMILES string of the molecule is CO.COCCO.O. The van der Waals surface area contributed by atoms with Crippen molar-refractivity contribution in [1.29, 1.82) is 0 Å². The molecule has 0 amide bonds. The third-order valence-electron chi connectivity index (χ3n) is 0.295. The van der Waals surface area contributed by atoms with Crippen molar-refractivity contribution in [2.45, 2.75) is 0 Å². The summed E-state index contributed by atoms with van der Waals surface area (Å²) in [5.41, 5.74) is 0. The summed E-state index contributed by atoms with van der Waals surface area (Å²) < 4.78 is 4.44. The molecule has 0 saturated carbocycles. The van der Waals surface area contributed by atoms with Crippen LogP contribution in [0.25, 0.3) is 0 Å². The molecule has 0 aliphatic heterocycles. The van der Waals surface area contributed by atoms with Gasteiger partial charge in [-0.3, -0.25) is 0 Å². The number of aliphatic hydroxyl groups excluding tert-OH is 2. The van der Waals surface area contributed by atoms with Gasteiger partial charge in [0.05, 0.1) is 13.2 Å². The van der Waals surface area contributed by atoms with E-state index in [4.69, 9.17) is 10.2 Å². The van der Waals surface area contributed by atoms with E-state index >= 15 is 0 Å². The molecular weight excluding hydrogens is 112 g/mol. The normalized spacial score (nSPS) is 6.00. The largest absolute Gasteiger partial charge is 0.412 e. The van der Waals surface area contributed by atoms with Crippen LogP contribution in [0.4, 0.5) is 0 Å². The third-order valence-corrected chi connectivity index (χ3v) is 0.295. The Labute approximate surface area is 49.0 Å². The van der Waals surface area contributed by atoms with Crippen molar-refractivity contribution < 1.29 is 20.4 Å². The number of hydrogen-bond donors (Lipinski definition) is 2. The summed E-state index contributed by atoms with van der Waals surface area (Å²) in [5, 5.41) is 14.9. The number of hydrogen-bond acceptors (Lipinski definition) is 3. The average molecular weight is 126 g/mol. The van der Waals surface area contributed by atoms with Crippen molar-refractivity contribution in [3.63, 3.8) is 0 Å². The summed E-state index contributed by atoms with van der Waals surface area (Å²) in [6.07, 6.45) is 0. The van der Waals surface area contributed by atoms with Gasteiger partial charge in [-0.1, -0.05) is 0 Å². The van der Waals surface area contributed by atoms with Gasteiger partial charge in [-0.2, -0.15) is 0 Å². The van der Waals surface area contributed by atoms with Crippen LogP contribution in [0.2, 0.25) is 0 Å². The van der Waals surface area contributed by atoms with Gasteiger partial charge in [0.1, 0.15) is 0 Å². The maximum absolute atomic E-state index is 7.94. The maximum atomic E-state index is 7.94. The lowest BCUT2D eigenvalue weighted by Gasteiger charge is -1.84. The molecule has 4 nitrogen and oxygen atoms in total. The standard InChI is InChI=1S/C3H8O2.CH4O.H2O/c1-5-3-2-4;1-2;/h4H,2-3H2,1H3;2H,1H3;1H2. The first-order chi connectivity index (χ1) is 3.41. The van der Waals surface area contributed by atoms with Crippen molar-refractivity contribution in [3.8, 4) is 0 Å². The van der Waals surface area contributed by atoms with Gasteiger partial charge in [-0.05, 0) is 0 Å². The summed E-state index contributed by atoms with van der Waals surface area (Å²) in [4.78, 5) is 0. The van der Waals surface area contributed by atoms with E-state index in [1.807, 2.05) is 0 Å². The van der Waals surface area contributed by atoms with Gasteiger partial charge in [0.2, 0.25) is 0 Å². The fraction of sp³-hybridized carbons (Fsp3) is 1.00. The topological polar surface area (TPSA) is 81.2 Å². The van der Waals surface area contributed by atoms with Crippen molar-refractivity contribution in [2.75, 3.05) is 27.4 Å². The Kier molecular flexibility index (Phi) is 56.6. The minimum absolute atomic E-state index is 0. The van der Waals surface area contributed by atoms with E-state index in [1.54, 1.807) is 7.11 Å². The van der Waals surface area contributed by atoms with Crippen LogP contribution in [-0.2, 0) is 4.74 Å². The first kappa shape index (κ1) is 15.7. The molecule has 0 saturated heterocycles. The highest BCUT2D eigenvalue weighted by Crippen LogP contribution is 1.56. The summed E-state index contributed by atoms with van der Waals surface area (Å²) in [7, 11) is 2.55. The Bertz CT molecular complexity index is 15.5. The molecule has 4 N–H and O–H groups in total. The highest BCUT2D eigenvalue weighted by molar-refractivity contribution is 4.12. The molecule has 0 aliphatic rings. The minimum atomic E-state index is 0. The van der Waals surface area contributed by atoms with E-state index < -0.39 is 0 Å². The van der Waals surface area contributed by atoms with E-state index in [9.17, 15) is 0 Å². The Balaban J connectivity index is -0.0000000750. The van der Waals surface area contributed by atoms with E-state index in [2.05, 4.69) is 4.74 Å². The van der Waals surface area contributed by atoms with Gasteiger partial charge >= 0.3 is 0 Å². The molecule has 8 heavy (non-hydrogen) atoms. The fourth-order valence-electron chi connectivity index (χ4n) is 0.0913. The van der Waals surface area contributed by atoms with E-state index in [-0.39, 0.29) is 12.1 Å². The predicted octanol–water partition coefficient (Wildman–Crippen LogP) is -1.59. The summed E-state index contributed by atoms with van der Waals surface area (Å²) in [5.74, 6) is 0. The minimum Gasteiger partial charge on any atom is -0.412 e. The van der Waals surface area contributed by atoms with Gasteiger partial charge in [0.25, 0.3) is 0 Å². The van der Waals surface area contributed by atoms with Gasteiger partial charge in [0.15, 0.2) is 0 Å². The molecule has 0 aromatic heterocycles. The molecule has 0 bridgehead atoms.